The molecule has 1 aromatic heterocycles. The van der Waals surface area contributed by atoms with Crippen LogP contribution in [0.25, 0.3) is 0 Å². The van der Waals surface area contributed by atoms with Crippen LogP contribution in [0.15, 0.2) is 40.8 Å². The summed E-state index contributed by atoms with van der Waals surface area (Å²) in [5.74, 6) is 1.00. The highest BCUT2D eigenvalue weighted by Crippen LogP contribution is 2.17. The number of amides is 1. The van der Waals surface area contributed by atoms with Crippen LogP contribution in [0.4, 0.5) is 4.39 Å². The molecule has 23 heavy (non-hydrogen) atoms. The molecule has 0 radical (unpaired) electrons. The number of carbonyl (C=O) groups is 1. The van der Waals surface area contributed by atoms with E-state index in [2.05, 4.69) is 5.32 Å². The smallest absolute Gasteiger partial charge is 0.289 e. The summed E-state index contributed by atoms with van der Waals surface area (Å²) in [6.45, 7) is 4.44. The van der Waals surface area contributed by atoms with Crippen molar-refractivity contribution in [1.82, 2.24) is 10.2 Å². The van der Waals surface area contributed by atoms with Crippen LogP contribution in [0.1, 0.15) is 23.2 Å². The van der Waals surface area contributed by atoms with Crippen LogP contribution < -0.4 is 10.1 Å². The van der Waals surface area contributed by atoms with Gasteiger partial charge in [0, 0.05) is 25.7 Å². The first kappa shape index (κ1) is 15.6. The zero-order valence-corrected chi connectivity index (χ0v) is 12.9. The van der Waals surface area contributed by atoms with Gasteiger partial charge in [-0.2, -0.15) is 0 Å². The number of rotatable bonds is 4. The number of carbonyl (C=O) groups excluding carboxylic acids is 1. The molecule has 6 heteroatoms. The first-order valence-corrected chi connectivity index (χ1v) is 7.62. The number of benzene rings is 1. The average molecular weight is 318 g/mol. The van der Waals surface area contributed by atoms with Gasteiger partial charge in [0.25, 0.3) is 5.91 Å². The SMILES string of the molecule is C[C@@H]1CNCCN1C(=O)c1ccc(COc2ccc(F)cc2)o1. The third-order valence-corrected chi connectivity index (χ3v) is 3.83. The highest BCUT2D eigenvalue weighted by atomic mass is 19.1. The summed E-state index contributed by atoms with van der Waals surface area (Å²) < 4.78 is 23.9. The molecule has 1 aliphatic heterocycles. The average Bonchev–Trinajstić information content (AvgIpc) is 3.03. The van der Waals surface area contributed by atoms with Crippen LogP contribution in [-0.4, -0.2) is 36.5 Å². The minimum atomic E-state index is -0.312. The van der Waals surface area contributed by atoms with E-state index in [0.29, 0.717) is 23.8 Å². The predicted molar refractivity (Wildman–Crippen MR) is 82.8 cm³/mol. The van der Waals surface area contributed by atoms with Gasteiger partial charge in [-0.1, -0.05) is 0 Å². The second-order valence-electron chi connectivity index (χ2n) is 5.56. The van der Waals surface area contributed by atoms with Crippen molar-refractivity contribution >= 4 is 5.91 Å². The summed E-state index contributed by atoms with van der Waals surface area (Å²) in [7, 11) is 0. The number of nitrogens with zero attached hydrogens (tertiary/aromatic N) is 1. The van der Waals surface area contributed by atoms with E-state index in [1.54, 1.807) is 29.2 Å². The summed E-state index contributed by atoms with van der Waals surface area (Å²) in [6.07, 6.45) is 0. The Bertz CT molecular complexity index is 669. The summed E-state index contributed by atoms with van der Waals surface area (Å²) in [5, 5.41) is 3.25. The molecule has 3 rings (SSSR count). The maximum absolute atomic E-state index is 12.8. The molecule has 2 aromatic rings. The van der Waals surface area contributed by atoms with Crippen molar-refractivity contribution < 1.29 is 18.3 Å². The van der Waals surface area contributed by atoms with Gasteiger partial charge in [-0.25, -0.2) is 4.39 Å². The van der Waals surface area contributed by atoms with Crippen LogP contribution in [-0.2, 0) is 6.61 Å². The summed E-state index contributed by atoms with van der Waals surface area (Å²) in [5.41, 5.74) is 0. The minimum absolute atomic E-state index is 0.105. The monoisotopic (exact) mass is 318 g/mol. The molecule has 0 saturated carbocycles. The Morgan fingerprint density at radius 3 is 2.87 bits per heavy atom. The standard InChI is InChI=1S/C17H19FN2O3/c1-12-10-19-8-9-20(12)17(21)16-7-6-15(23-16)11-22-14-4-2-13(18)3-5-14/h2-7,12,19H,8-11H2,1H3/t12-/m1/s1. The lowest BCUT2D eigenvalue weighted by Crippen LogP contribution is -2.52. The highest BCUT2D eigenvalue weighted by molar-refractivity contribution is 5.91. The molecule has 0 spiro atoms. The molecule has 1 aromatic carbocycles. The molecule has 1 saturated heterocycles. The topological polar surface area (TPSA) is 54.7 Å². The highest BCUT2D eigenvalue weighted by Gasteiger charge is 2.26. The van der Waals surface area contributed by atoms with Gasteiger partial charge in [0.15, 0.2) is 5.76 Å². The van der Waals surface area contributed by atoms with Gasteiger partial charge < -0.3 is 19.4 Å². The fraction of sp³-hybridized carbons (Fsp3) is 0.353. The number of halogens is 1. The number of furan rings is 1. The summed E-state index contributed by atoms with van der Waals surface area (Å²) in [4.78, 5) is 14.3. The Morgan fingerprint density at radius 1 is 1.35 bits per heavy atom. The van der Waals surface area contributed by atoms with Gasteiger partial charge in [-0.05, 0) is 43.3 Å². The van der Waals surface area contributed by atoms with E-state index >= 15 is 0 Å². The molecule has 1 fully saturated rings. The first-order chi connectivity index (χ1) is 11.1. The second kappa shape index (κ2) is 6.83. The van der Waals surface area contributed by atoms with E-state index in [0.717, 1.165) is 13.1 Å². The van der Waals surface area contributed by atoms with Crippen molar-refractivity contribution in [2.24, 2.45) is 0 Å². The Labute approximate surface area is 134 Å². The molecule has 1 aliphatic rings. The molecular formula is C17H19FN2O3. The fourth-order valence-electron chi connectivity index (χ4n) is 2.54. The molecule has 5 nitrogen and oxygen atoms in total. The zero-order valence-electron chi connectivity index (χ0n) is 12.9. The number of hydrogen-bond acceptors (Lipinski definition) is 4. The van der Waals surface area contributed by atoms with Crippen molar-refractivity contribution in [3.8, 4) is 5.75 Å². The quantitative estimate of drug-likeness (QED) is 0.941. The number of ether oxygens (including phenoxy) is 1. The first-order valence-electron chi connectivity index (χ1n) is 7.62. The van der Waals surface area contributed by atoms with Gasteiger partial charge in [-0.15, -0.1) is 0 Å². The van der Waals surface area contributed by atoms with Gasteiger partial charge in [0.1, 0.15) is 23.9 Å². The lowest BCUT2D eigenvalue weighted by atomic mass is 10.2. The van der Waals surface area contributed by atoms with Crippen molar-refractivity contribution in [2.75, 3.05) is 19.6 Å². The second-order valence-corrected chi connectivity index (χ2v) is 5.56. The third-order valence-electron chi connectivity index (χ3n) is 3.83. The maximum atomic E-state index is 12.8. The maximum Gasteiger partial charge on any atom is 0.289 e. The fourth-order valence-corrected chi connectivity index (χ4v) is 2.54. The third kappa shape index (κ3) is 3.71. The largest absolute Gasteiger partial charge is 0.486 e. The van der Waals surface area contributed by atoms with E-state index in [4.69, 9.17) is 9.15 Å². The van der Waals surface area contributed by atoms with Crippen LogP contribution in [0.2, 0.25) is 0 Å². The van der Waals surface area contributed by atoms with Gasteiger partial charge >= 0.3 is 0 Å². The Morgan fingerprint density at radius 2 is 2.13 bits per heavy atom. The van der Waals surface area contributed by atoms with Crippen LogP contribution in [0.5, 0.6) is 5.75 Å². The van der Waals surface area contributed by atoms with E-state index in [1.165, 1.54) is 12.1 Å². The summed E-state index contributed by atoms with van der Waals surface area (Å²) in [6, 6.07) is 9.29. The lowest BCUT2D eigenvalue weighted by Gasteiger charge is -2.33. The van der Waals surface area contributed by atoms with E-state index in [9.17, 15) is 9.18 Å². The molecule has 1 atom stereocenters. The molecule has 0 unspecified atom stereocenters. The Kier molecular flexibility index (Phi) is 4.62. The van der Waals surface area contributed by atoms with Crippen LogP contribution >= 0.6 is 0 Å². The molecular weight excluding hydrogens is 299 g/mol. The lowest BCUT2D eigenvalue weighted by molar-refractivity contribution is 0.0619. The molecule has 0 bridgehead atoms. The zero-order chi connectivity index (χ0) is 16.2. The molecule has 1 N–H and O–H groups in total. The van der Waals surface area contributed by atoms with Crippen molar-refractivity contribution in [1.29, 1.82) is 0 Å². The Hall–Kier alpha value is -2.34. The minimum Gasteiger partial charge on any atom is -0.486 e. The number of piperazine rings is 1. The van der Waals surface area contributed by atoms with Gasteiger partial charge in [0.2, 0.25) is 0 Å². The van der Waals surface area contributed by atoms with E-state index in [-0.39, 0.29) is 24.4 Å². The van der Waals surface area contributed by atoms with Crippen LogP contribution in [0, 0.1) is 5.82 Å². The molecule has 122 valence electrons. The van der Waals surface area contributed by atoms with Gasteiger partial charge in [0.05, 0.1) is 0 Å². The van der Waals surface area contributed by atoms with Gasteiger partial charge in [-0.3, -0.25) is 4.79 Å². The van der Waals surface area contributed by atoms with Crippen molar-refractivity contribution in [3.05, 3.63) is 53.7 Å². The van der Waals surface area contributed by atoms with Crippen molar-refractivity contribution in [2.45, 2.75) is 19.6 Å². The molecule has 0 aliphatic carbocycles. The summed E-state index contributed by atoms with van der Waals surface area (Å²) >= 11 is 0. The van der Waals surface area contributed by atoms with E-state index in [1.807, 2.05) is 6.92 Å². The van der Waals surface area contributed by atoms with E-state index < -0.39 is 0 Å². The van der Waals surface area contributed by atoms with Crippen LogP contribution in [0.3, 0.4) is 0 Å². The Balaban J connectivity index is 1.61. The number of hydrogen-bond donors (Lipinski definition) is 1. The normalized spacial score (nSPS) is 18.0. The molecule has 2 heterocycles. The van der Waals surface area contributed by atoms with Crippen molar-refractivity contribution in [3.63, 3.8) is 0 Å². The predicted octanol–water partition coefficient (Wildman–Crippen LogP) is 2.43. The molecule has 1 amide bonds. The number of nitrogens with one attached hydrogen (secondary N) is 1.